The number of carbonyl (C=O) groups excluding carboxylic acids is 2. The Labute approximate surface area is 129 Å². The molecule has 0 spiro atoms. The number of rotatable bonds is 8. The number of amides is 1. The predicted molar refractivity (Wildman–Crippen MR) is 80.5 cm³/mol. The van der Waals surface area contributed by atoms with Gasteiger partial charge < -0.3 is 14.4 Å². The number of benzene rings is 1. The van der Waals surface area contributed by atoms with E-state index in [0.29, 0.717) is 36.7 Å². The number of carbonyl (C=O) groups is 2. The van der Waals surface area contributed by atoms with Crippen molar-refractivity contribution in [3.8, 4) is 0 Å². The molecule has 5 nitrogen and oxygen atoms in total. The molecule has 0 aliphatic heterocycles. The van der Waals surface area contributed by atoms with Crippen LogP contribution in [-0.4, -0.2) is 50.7 Å². The monoisotopic (exact) mass is 313 g/mol. The van der Waals surface area contributed by atoms with Crippen LogP contribution in [0.1, 0.15) is 23.2 Å². The standard InChI is InChI=1S/C15H20ClNO4/c1-20-10-4-8-17(9-7-14(18)21-2)15(19)12-5-3-6-13(16)11-12/h3,5-6,11H,4,7-10H2,1-2H3. The zero-order valence-electron chi connectivity index (χ0n) is 12.3. The fourth-order valence-electron chi connectivity index (χ4n) is 1.85. The minimum absolute atomic E-state index is 0.155. The molecule has 0 fully saturated rings. The van der Waals surface area contributed by atoms with E-state index in [0.717, 1.165) is 0 Å². The Morgan fingerprint density at radius 1 is 1.24 bits per heavy atom. The molecule has 0 saturated carbocycles. The average molecular weight is 314 g/mol. The van der Waals surface area contributed by atoms with E-state index in [1.807, 2.05) is 0 Å². The highest BCUT2D eigenvalue weighted by molar-refractivity contribution is 6.30. The highest BCUT2D eigenvalue weighted by Crippen LogP contribution is 2.13. The first-order valence-corrected chi connectivity index (χ1v) is 7.07. The van der Waals surface area contributed by atoms with Crippen molar-refractivity contribution >= 4 is 23.5 Å². The van der Waals surface area contributed by atoms with Gasteiger partial charge >= 0.3 is 5.97 Å². The first-order valence-electron chi connectivity index (χ1n) is 6.69. The molecular weight excluding hydrogens is 294 g/mol. The van der Waals surface area contributed by atoms with Crippen molar-refractivity contribution in [3.63, 3.8) is 0 Å². The van der Waals surface area contributed by atoms with Crippen LogP contribution in [0.5, 0.6) is 0 Å². The van der Waals surface area contributed by atoms with Gasteiger partial charge in [0.25, 0.3) is 5.91 Å². The van der Waals surface area contributed by atoms with Gasteiger partial charge in [-0.1, -0.05) is 17.7 Å². The molecule has 6 heteroatoms. The summed E-state index contributed by atoms with van der Waals surface area (Å²) in [6, 6.07) is 6.76. The van der Waals surface area contributed by atoms with E-state index >= 15 is 0 Å². The Hall–Kier alpha value is -1.59. The third kappa shape index (κ3) is 6.14. The van der Waals surface area contributed by atoms with Crippen LogP contribution in [0.25, 0.3) is 0 Å². The van der Waals surface area contributed by atoms with Crippen molar-refractivity contribution in [2.75, 3.05) is 33.9 Å². The smallest absolute Gasteiger partial charge is 0.307 e. The van der Waals surface area contributed by atoms with Gasteiger partial charge in [-0.05, 0) is 24.6 Å². The molecule has 0 aliphatic rings. The van der Waals surface area contributed by atoms with Gasteiger partial charge in [0.1, 0.15) is 0 Å². The van der Waals surface area contributed by atoms with Gasteiger partial charge in [0.2, 0.25) is 0 Å². The van der Waals surface area contributed by atoms with E-state index in [1.54, 1.807) is 36.3 Å². The highest BCUT2D eigenvalue weighted by atomic mass is 35.5. The second-order valence-corrected chi connectivity index (χ2v) is 4.91. The zero-order valence-corrected chi connectivity index (χ0v) is 13.1. The third-order valence-corrected chi connectivity index (χ3v) is 3.18. The summed E-state index contributed by atoms with van der Waals surface area (Å²) in [5.41, 5.74) is 0.504. The first-order chi connectivity index (χ1) is 10.1. The Morgan fingerprint density at radius 2 is 2.00 bits per heavy atom. The van der Waals surface area contributed by atoms with Crippen LogP contribution >= 0.6 is 11.6 Å². The van der Waals surface area contributed by atoms with Gasteiger partial charge in [-0.2, -0.15) is 0 Å². The molecule has 0 heterocycles. The molecule has 21 heavy (non-hydrogen) atoms. The zero-order chi connectivity index (χ0) is 15.7. The largest absolute Gasteiger partial charge is 0.469 e. The van der Waals surface area contributed by atoms with Crippen LogP contribution in [0.15, 0.2) is 24.3 Å². The van der Waals surface area contributed by atoms with Gasteiger partial charge in [0, 0.05) is 37.4 Å². The van der Waals surface area contributed by atoms with Crippen LogP contribution in [-0.2, 0) is 14.3 Å². The molecule has 0 saturated heterocycles. The molecule has 1 aromatic rings. The maximum atomic E-state index is 12.5. The number of ether oxygens (including phenoxy) is 2. The second-order valence-electron chi connectivity index (χ2n) is 4.48. The molecule has 0 N–H and O–H groups in total. The van der Waals surface area contributed by atoms with Gasteiger partial charge in [0.05, 0.1) is 13.5 Å². The fraction of sp³-hybridized carbons (Fsp3) is 0.467. The molecule has 116 valence electrons. The lowest BCUT2D eigenvalue weighted by atomic mass is 10.2. The average Bonchev–Trinajstić information content (AvgIpc) is 2.49. The SMILES string of the molecule is COCCCN(CCC(=O)OC)C(=O)c1cccc(Cl)c1. The van der Waals surface area contributed by atoms with Crippen LogP contribution in [0.3, 0.4) is 0 Å². The Morgan fingerprint density at radius 3 is 2.62 bits per heavy atom. The van der Waals surface area contributed by atoms with E-state index in [9.17, 15) is 9.59 Å². The van der Waals surface area contributed by atoms with Gasteiger partial charge in [-0.15, -0.1) is 0 Å². The minimum Gasteiger partial charge on any atom is -0.469 e. The van der Waals surface area contributed by atoms with Crippen LogP contribution in [0.4, 0.5) is 0 Å². The van der Waals surface area contributed by atoms with Crippen LogP contribution in [0, 0.1) is 0 Å². The molecule has 1 rings (SSSR count). The molecule has 0 atom stereocenters. The third-order valence-electron chi connectivity index (χ3n) is 2.95. The second kappa shape index (κ2) is 9.37. The van der Waals surface area contributed by atoms with Gasteiger partial charge in [-0.25, -0.2) is 0 Å². The number of halogens is 1. The Balaban J connectivity index is 2.73. The van der Waals surface area contributed by atoms with Crippen molar-refractivity contribution in [1.82, 2.24) is 4.90 Å². The Kier molecular flexibility index (Phi) is 7.79. The van der Waals surface area contributed by atoms with E-state index in [-0.39, 0.29) is 18.3 Å². The van der Waals surface area contributed by atoms with Crippen molar-refractivity contribution in [2.45, 2.75) is 12.8 Å². The maximum absolute atomic E-state index is 12.5. The molecule has 0 radical (unpaired) electrons. The number of esters is 1. The van der Waals surface area contributed by atoms with Gasteiger partial charge in [-0.3, -0.25) is 9.59 Å². The topological polar surface area (TPSA) is 55.8 Å². The van der Waals surface area contributed by atoms with Crippen molar-refractivity contribution in [2.24, 2.45) is 0 Å². The molecule has 1 aromatic carbocycles. The lowest BCUT2D eigenvalue weighted by Gasteiger charge is -2.22. The van der Waals surface area contributed by atoms with Crippen molar-refractivity contribution in [1.29, 1.82) is 0 Å². The quantitative estimate of drug-likeness (QED) is 0.546. The summed E-state index contributed by atoms with van der Waals surface area (Å²) >= 11 is 5.91. The van der Waals surface area contributed by atoms with Crippen LogP contribution < -0.4 is 0 Å². The minimum atomic E-state index is -0.342. The number of hydrogen-bond donors (Lipinski definition) is 0. The number of methoxy groups -OCH3 is 2. The van der Waals surface area contributed by atoms with E-state index < -0.39 is 0 Å². The summed E-state index contributed by atoms with van der Waals surface area (Å²) < 4.78 is 9.60. The molecular formula is C15H20ClNO4. The summed E-state index contributed by atoms with van der Waals surface area (Å²) in [6.07, 6.45) is 0.861. The van der Waals surface area contributed by atoms with E-state index in [2.05, 4.69) is 4.74 Å². The number of hydrogen-bond acceptors (Lipinski definition) is 4. The lowest BCUT2D eigenvalue weighted by Crippen LogP contribution is -2.34. The number of nitrogens with zero attached hydrogens (tertiary/aromatic N) is 1. The molecule has 0 bridgehead atoms. The first kappa shape index (κ1) is 17.5. The molecule has 0 aromatic heterocycles. The molecule has 1 amide bonds. The molecule has 0 unspecified atom stereocenters. The molecule has 0 aliphatic carbocycles. The summed E-state index contributed by atoms with van der Waals surface area (Å²) in [5.74, 6) is -0.497. The predicted octanol–water partition coefficient (Wildman–Crippen LogP) is 2.38. The van der Waals surface area contributed by atoms with Gasteiger partial charge in [0.15, 0.2) is 0 Å². The summed E-state index contributed by atoms with van der Waals surface area (Å²) in [4.78, 5) is 25.3. The summed E-state index contributed by atoms with van der Waals surface area (Å²) in [7, 11) is 2.94. The maximum Gasteiger partial charge on any atom is 0.307 e. The van der Waals surface area contributed by atoms with E-state index in [4.69, 9.17) is 16.3 Å². The van der Waals surface area contributed by atoms with Crippen molar-refractivity contribution in [3.05, 3.63) is 34.9 Å². The van der Waals surface area contributed by atoms with E-state index in [1.165, 1.54) is 7.11 Å². The summed E-state index contributed by atoms with van der Waals surface area (Å²) in [6.45, 7) is 1.37. The normalized spacial score (nSPS) is 10.2. The van der Waals surface area contributed by atoms with Crippen molar-refractivity contribution < 1.29 is 19.1 Å². The lowest BCUT2D eigenvalue weighted by molar-refractivity contribution is -0.140. The Bertz CT molecular complexity index is 478. The summed E-state index contributed by atoms with van der Waals surface area (Å²) in [5, 5.41) is 0.505. The van der Waals surface area contributed by atoms with Crippen LogP contribution in [0.2, 0.25) is 5.02 Å². The fourth-order valence-corrected chi connectivity index (χ4v) is 2.04. The highest BCUT2D eigenvalue weighted by Gasteiger charge is 2.17.